The van der Waals surface area contributed by atoms with Crippen molar-refractivity contribution in [3.8, 4) is 10.6 Å². The third-order valence-corrected chi connectivity index (χ3v) is 4.07. The molecular weight excluding hydrogens is 298 g/mol. The molecule has 0 bridgehead atoms. The maximum Gasteiger partial charge on any atom is 0.377 e. The number of aromatic nitrogens is 1. The molecule has 0 saturated heterocycles. The van der Waals surface area contributed by atoms with Crippen LogP contribution in [0.4, 0.5) is 0 Å². The number of fused-ring (bicyclic) bond motifs is 1. The number of carbonyl (C=O) groups excluding carboxylic acids is 1. The first kappa shape index (κ1) is 12.9. The lowest BCUT2D eigenvalue weighted by atomic mass is 10.1. The summed E-state index contributed by atoms with van der Waals surface area (Å²) in [6.45, 7) is 0. The molecule has 0 aliphatic heterocycles. The zero-order chi connectivity index (χ0) is 14.3. The van der Waals surface area contributed by atoms with Gasteiger partial charge in [0.15, 0.2) is 0 Å². The highest BCUT2D eigenvalue weighted by Gasteiger charge is 2.25. The largest absolute Gasteiger partial charge is 0.475 e. The molecule has 20 heavy (non-hydrogen) atoms. The number of carboxylic acids is 1. The van der Waals surface area contributed by atoms with E-state index in [1.807, 2.05) is 17.5 Å². The summed E-state index contributed by atoms with van der Waals surface area (Å²) >= 11 is 7.37. The van der Waals surface area contributed by atoms with Crippen LogP contribution in [-0.4, -0.2) is 21.8 Å². The van der Waals surface area contributed by atoms with Crippen LogP contribution < -0.4 is 0 Å². The van der Waals surface area contributed by atoms with Crippen molar-refractivity contribution in [2.75, 3.05) is 0 Å². The van der Waals surface area contributed by atoms with Crippen LogP contribution in [0, 0.1) is 0 Å². The highest BCUT2D eigenvalue weighted by atomic mass is 35.5. The van der Waals surface area contributed by atoms with Gasteiger partial charge in [-0.3, -0.25) is 4.79 Å². The second kappa shape index (κ2) is 4.77. The summed E-state index contributed by atoms with van der Waals surface area (Å²) in [7, 11) is 0. The number of ketones is 1. The van der Waals surface area contributed by atoms with E-state index in [-0.39, 0.29) is 5.56 Å². The molecule has 4 nitrogen and oxygen atoms in total. The normalized spacial score (nSPS) is 10.8. The summed E-state index contributed by atoms with van der Waals surface area (Å²) in [5, 5.41) is 11.8. The van der Waals surface area contributed by atoms with Crippen molar-refractivity contribution in [1.29, 1.82) is 0 Å². The van der Waals surface area contributed by atoms with Gasteiger partial charge >= 0.3 is 5.97 Å². The molecule has 1 aromatic carbocycles. The molecule has 6 heteroatoms. The van der Waals surface area contributed by atoms with Crippen molar-refractivity contribution in [2.24, 2.45) is 0 Å². The number of hydrogen-bond donors (Lipinski definition) is 2. The molecule has 0 spiro atoms. The average Bonchev–Trinajstić information content (AvgIpc) is 3.03. The summed E-state index contributed by atoms with van der Waals surface area (Å²) in [4.78, 5) is 26.9. The molecule has 3 rings (SSSR count). The number of nitrogens with one attached hydrogen (secondary N) is 1. The number of halogens is 1. The predicted octanol–water partition coefficient (Wildman–Crippen LogP) is 3.82. The Morgan fingerprint density at radius 3 is 2.70 bits per heavy atom. The Labute approximate surface area is 122 Å². The van der Waals surface area contributed by atoms with E-state index in [4.69, 9.17) is 16.7 Å². The van der Waals surface area contributed by atoms with Gasteiger partial charge in [-0.1, -0.05) is 17.7 Å². The fourth-order valence-electron chi connectivity index (χ4n) is 2.11. The van der Waals surface area contributed by atoms with E-state index in [1.165, 1.54) is 11.3 Å². The van der Waals surface area contributed by atoms with E-state index in [0.29, 0.717) is 21.6 Å². The molecule has 100 valence electrons. The molecule has 0 aliphatic carbocycles. The van der Waals surface area contributed by atoms with E-state index < -0.39 is 11.8 Å². The van der Waals surface area contributed by atoms with Gasteiger partial charge in [-0.25, -0.2) is 4.79 Å². The van der Waals surface area contributed by atoms with Crippen LogP contribution in [0.3, 0.4) is 0 Å². The first-order chi connectivity index (χ1) is 9.58. The first-order valence-electron chi connectivity index (χ1n) is 5.70. The SMILES string of the molecule is O=C(O)C(=O)c1c(-c2cccs2)[nH]c2ccc(Cl)cc12. The van der Waals surface area contributed by atoms with Crippen LogP contribution in [0.2, 0.25) is 5.02 Å². The van der Waals surface area contributed by atoms with E-state index in [9.17, 15) is 9.59 Å². The standard InChI is InChI=1S/C14H8ClNO3S/c15-7-3-4-9-8(6-7)11(13(17)14(18)19)12(16-9)10-2-1-5-20-10/h1-6,16H,(H,18,19). The maximum atomic E-state index is 12.0. The van der Waals surface area contributed by atoms with Gasteiger partial charge in [0.05, 0.1) is 16.1 Å². The van der Waals surface area contributed by atoms with Gasteiger partial charge in [0.1, 0.15) is 0 Å². The molecule has 0 fully saturated rings. The number of carbonyl (C=O) groups is 2. The summed E-state index contributed by atoms with van der Waals surface area (Å²) < 4.78 is 0. The van der Waals surface area contributed by atoms with E-state index in [2.05, 4.69) is 4.98 Å². The third kappa shape index (κ3) is 2.01. The van der Waals surface area contributed by atoms with Crippen LogP contribution in [-0.2, 0) is 4.79 Å². The van der Waals surface area contributed by atoms with E-state index in [1.54, 1.807) is 18.2 Å². The topological polar surface area (TPSA) is 70.2 Å². The van der Waals surface area contributed by atoms with E-state index >= 15 is 0 Å². The lowest BCUT2D eigenvalue weighted by molar-refractivity contribution is -0.131. The lowest BCUT2D eigenvalue weighted by Crippen LogP contribution is -2.13. The summed E-state index contributed by atoms with van der Waals surface area (Å²) in [6.07, 6.45) is 0. The third-order valence-electron chi connectivity index (χ3n) is 2.95. The van der Waals surface area contributed by atoms with Crippen molar-refractivity contribution < 1.29 is 14.7 Å². The van der Waals surface area contributed by atoms with Crippen molar-refractivity contribution in [3.05, 3.63) is 46.3 Å². The van der Waals surface area contributed by atoms with Gasteiger partial charge in [-0.2, -0.15) is 0 Å². The number of H-pyrrole nitrogens is 1. The first-order valence-corrected chi connectivity index (χ1v) is 6.96. The minimum atomic E-state index is -1.48. The quantitative estimate of drug-likeness (QED) is 0.571. The smallest absolute Gasteiger partial charge is 0.377 e. The highest BCUT2D eigenvalue weighted by Crippen LogP contribution is 2.34. The number of Topliss-reactive ketones (excluding diaryl/α,β-unsaturated/α-hetero) is 1. The Bertz CT molecular complexity index is 820. The number of aromatic amines is 1. The summed E-state index contributed by atoms with van der Waals surface area (Å²) in [6, 6.07) is 8.69. The zero-order valence-corrected chi connectivity index (χ0v) is 11.6. The van der Waals surface area contributed by atoms with E-state index in [0.717, 1.165) is 4.88 Å². The van der Waals surface area contributed by atoms with Gasteiger partial charge in [-0.15, -0.1) is 11.3 Å². The van der Waals surface area contributed by atoms with Gasteiger partial charge in [0, 0.05) is 15.9 Å². The van der Waals surface area contributed by atoms with Gasteiger partial charge in [-0.05, 0) is 29.6 Å². The molecule has 2 N–H and O–H groups in total. The van der Waals surface area contributed by atoms with Gasteiger partial charge < -0.3 is 10.1 Å². The molecule has 0 saturated carbocycles. The Hall–Kier alpha value is -2.11. The maximum absolute atomic E-state index is 12.0. The Kier molecular flexibility index (Phi) is 3.08. The van der Waals surface area contributed by atoms with Crippen LogP contribution in [0.15, 0.2) is 35.7 Å². The second-order valence-electron chi connectivity index (χ2n) is 4.18. The fourth-order valence-corrected chi connectivity index (χ4v) is 3.02. The molecule has 0 amide bonds. The molecule has 3 aromatic rings. The van der Waals surface area contributed by atoms with Crippen LogP contribution in [0.1, 0.15) is 10.4 Å². The molecular formula is C14H8ClNO3S. The lowest BCUT2D eigenvalue weighted by Gasteiger charge is -1.99. The number of aliphatic carboxylic acids is 1. The van der Waals surface area contributed by atoms with Crippen molar-refractivity contribution in [3.63, 3.8) is 0 Å². The number of rotatable bonds is 3. The number of thiophene rings is 1. The van der Waals surface area contributed by atoms with Crippen molar-refractivity contribution in [2.45, 2.75) is 0 Å². The zero-order valence-electron chi connectivity index (χ0n) is 10.0. The number of benzene rings is 1. The molecule has 0 unspecified atom stereocenters. The highest BCUT2D eigenvalue weighted by molar-refractivity contribution is 7.13. The van der Waals surface area contributed by atoms with Crippen molar-refractivity contribution >= 4 is 45.6 Å². The second-order valence-corrected chi connectivity index (χ2v) is 5.56. The number of hydrogen-bond acceptors (Lipinski definition) is 3. The Morgan fingerprint density at radius 2 is 2.05 bits per heavy atom. The number of carboxylic acid groups (broad SMARTS) is 1. The van der Waals surface area contributed by atoms with Crippen LogP contribution in [0.25, 0.3) is 21.5 Å². The van der Waals surface area contributed by atoms with Gasteiger partial charge in [0.25, 0.3) is 5.78 Å². The fraction of sp³-hybridized carbons (Fsp3) is 0. The molecule has 2 aromatic heterocycles. The molecule has 0 aliphatic rings. The Morgan fingerprint density at radius 1 is 1.25 bits per heavy atom. The average molecular weight is 306 g/mol. The molecule has 0 radical (unpaired) electrons. The molecule has 0 atom stereocenters. The minimum Gasteiger partial charge on any atom is -0.475 e. The van der Waals surface area contributed by atoms with Crippen LogP contribution >= 0.6 is 22.9 Å². The summed E-state index contributed by atoms with van der Waals surface area (Å²) in [5.74, 6) is -2.43. The Balaban J connectivity index is 2.37. The predicted molar refractivity (Wildman–Crippen MR) is 78.6 cm³/mol. The summed E-state index contributed by atoms with van der Waals surface area (Å²) in [5.41, 5.74) is 1.35. The van der Waals surface area contributed by atoms with Crippen molar-refractivity contribution in [1.82, 2.24) is 4.98 Å². The molecule has 2 heterocycles. The van der Waals surface area contributed by atoms with Crippen LogP contribution in [0.5, 0.6) is 0 Å². The minimum absolute atomic E-state index is 0.150. The monoisotopic (exact) mass is 305 g/mol. The van der Waals surface area contributed by atoms with Gasteiger partial charge in [0.2, 0.25) is 0 Å².